The van der Waals surface area contributed by atoms with Crippen molar-refractivity contribution in [1.82, 2.24) is 5.32 Å². The van der Waals surface area contributed by atoms with Gasteiger partial charge in [0.1, 0.15) is 11.9 Å². The molecule has 0 aliphatic heterocycles. The molecule has 0 aromatic heterocycles. The number of aliphatic hydroxyl groups is 2. The van der Waals surface area contributed by atoms with Gasteiger partial charge in [-0.2, -0.15) is 0 Å². The van der Waals surface area contributed by atoms with Gasteiger partial charge in [0.2, 0.25) is 0 Å². The van der Waals surface area contributed by atoms with Crippen LogP contribution in [0.4, 0.5) is 0 Å². The van der Waals surface area contributed by atoms with Crippen LogP contribution in [0.1, 0.15) is 18.1 Å². The van der Waals surface area contributed by atoms with Crippen LogP contribution in [0, 0.1) is 0 Å². The molecule has 0 aliphatic carbocycles. The third kappa shape index (κ3) is 3.23. The molecule has 4 N–H and O–H groups in total. The van der Waals surface area contributed by atoms with Gasteiger partial charge in [-0.05, 0) is 54.5 Å². The molecule has 2 unspecified atom stereocenters. The van der Waals surface area contributed by atoms with Gasteiger partial charge in [0.25, 0.3) is 0 Å². The maximum atomic E-state index is 10.1. The zero-order valence-electron chi connectivity index (χ0n) is 10.9. The van der Waals surface area contributed by atoms with E-state index in [0.717, 1.165) is 10.8 Å². The molecule has 0 bridgehead atoms. The Labute approximate surface area is 112 Å². The highest BCUT2D eigenvalue weighted by Gasteiger charge is 2.17. The van der Waals surface area contributed by atoms with E-state index in [2.05, 4.69) is 5.32 Å². The minimum absolute atomic E-state index is 0.217. The maximum absolute atomic E-state index is 10.1. The molecule has 0 fully saturated rings. The first-order valence-corrected chi connectivity index (χ1v) is 6.35. The number of nitrogens with one attached hydrogen (secondary N) is 1. The average molecular weight is 261 g/mol. The van der Waals surface area contributed by atoms with Crippen molar-refractivity contribution in [3.8, 4) is 5.75 Å². The van der Waals surface area contributed by atoms with E-state index in [0.29, 0.717) is 18.5 Å². The number of aromatic hydroxyl groups is 1. The Morgan fingerprint density at radius 1 is 1.05 bits per heavy atom. The van der Waals surface area contributed by atoms with Crippen molar-refractivity contribution in [2.75, 3.05) is 13.6 Å². The summed E-state index contributed by atoms with van der Waals surface area (Å²) in [6.45, 7) is 0.652. The van der Waals surface area contributed by atoms with Crippen molar-refractivity contribution in [3.63, 3.8) is 0 Å². The molecular formula is C15H19NO3. The predicted octanol–water partition coefficient (Wildman–Crippen LogP) is 1.55. The molecular weight excluding hydrogens is 242 g/mol. The van der Waals surface area contributed by atoms with Gasteiger partial charge in [0.05, 0.1) is 6.10 Å². The lowest BCUT2D eigenvalue weighted by atomic mass is 9.99. The van der Waals surface area contributed by atoms with Crippen LogP contribution >= 0.6 is 0 Å². The van der Waals surface area contributed by atoms with Gasteiger partial charge in [0.15, 0.2) is 0 Å². The summed E-state index contributed by atoms with van der Waals surface area (Å²) in [5.41, 5.74) is 0.682. The maximum Gasteiger partial charge on any atom is 0.116 e. The summed E-state index contributed by atoms with van der Waals surface area (Å²) in [5, 5.41) is 34.2. The fourth-order valence-corrected chi connectivity index (χ4v) is 2.11. The van der Waals surface area contributed by atoms with Crippen LogP contribution in [-0.2, 0) is 0 Å². The molecule has 0 spiro atoms. The molecule has 0 radical (unpaired) electrons. The molecule has 19 heavy (non-hydrogen) atoms. The Morgan fingerprint density at radius 2 is 1.74 bits per heavy atom. The van der Waals surface area contributed by atoms with Gasteiger partial charge >= 0.3 is 0 Å². The summed E-state index contributed by atoms with van der Waals surface area (Å²) in [5.74, 6) is 0.217. The average Bonchev–Trinajstić information content (AvgIpc) is 2.43. The summed E-state index contributed by atoms with van der Waals surface area (Å²) >= 11 is 0. The Kier molecular flexibility index (Phi) is 4.37. The molecule has 0 heterocycles. The summed E-state index contributed by atoms with van der Waals surface area (Å²) < 4.78 is 0. The van der Waals surface area contributed by atoms with Gasteiger partial charge in [-0.15, -0.1) is 0 Å². The number of hydrogen-bond donors (Lipinski definition) is 4. The molecule has 2 rings (SSSR count). The SMILES string of the molecule is CNCCC(O)C(O)c1ccc2cc(O)ccc2c1. The van der Waals surface area contributed by atoms with Crippen LogP contribution in [0.25, 0.3) is 10.8 Å². The van der Waals surface area contributed by atoms with Crippen LogP contribution in [0.15, 0.2) is 36.4 Å². The molecule has 102 valence electrons. The van der Waals surface area contributed by atoms with E-state index in [1.165, 1.54) is 0 Å². The molecule has 0 saturated heterocycles. The number of benzene rings is 2. The minimum Gasteiger partial charge on any atom is -0.508 e. The first-order chi connectivity index (χ1) is 9.11. The zero-order chi connectivity index (χ0) is 13.8. The number of phenolic OH excluding ortho intramolecular Hbond substituents is 1. The molecule has 4 nitrogen and oxygen atoms in total. The van der Waals surface area contributed by atoms with Gasteiger partial charge in [-0.3, -0.25) is 0 Å². The predicted molar refractivity (Wildman–Crippen MR) is 75.1 cm³/mol. The van der Waals surface area contributed by atoms with Crippen molar-refractivity contribution >= 4 is 10.8 Å². The first kappa shape index (κ1) is 13.8. The van der Waals surface area contributed by atoms with Crippen molar-refractivity contribution in [2.24, 2.45) is 0 Å². The third-order valence-electron chi connectivity index (χ3n) is 3.24. The van der Waals surface area contributed by atoms with Crippen LogP contribution < -0.4 is 5.32 Å². The van der Waals surface area contributed by atoms with Crippen molar-refractivity contribution < 1.29 is 15.3 Å². The first-order valence-electron chi connectivity index (χ1n) is 6.35. The quantitative estimate of drug-likeness (QED) is 0.659. The van der Waals surface area contributed by atoms with E-state index in [1.54, 1.807) is 24.3 Å². The Morgan fingerprint density at radius 3 is 2.47 bits per heavy atom. The van der Waals surface area contributed by atoms with E-state index >= 15 is 0 Å². The van der Waals surface area contributed by atoms with Crippen LogP contribution in [0.3, 0.4) is 0 Å². The second-order valence-corrected chi connectivity index (χ2v) is 4.70. The van der Waals surface area contributed by atoms with E-state index < -0.39 is 12.2 Å². The smallest absolute Gasteiger partial charge is 0.116 e. The monoisotopic (exact) mass is 261 g/mol. The number of aliphatic hydroxyl groups excluding tert-OH is 2. The Balaban J connectivity index is 2.22. The largest absolute Gasteiger partial charge is 0.508 e. The number of phenols is 1. The standard InChI is InChI=1S/C15H19NO3/c1-16-7-6-14(18)15(19)12-3-2-11-9-13(17)5-4-10(11)8-12/h2-5,8-9,14-19H,6-7H2,1H3. The molecule has 4 heteroatoms. The molecule has 0 amide bonds. The normalized spacial score (nSPS) is 14.5. The van der Waals surface area contributed by atoms with E-state index in [4.69, 9.17) is 0 Å². The molecule has 2 aromatic rings. The van der Waals surface area contributed by atoms with Crippen molar-refractivity contribution in [1.29, 1.82) is 0 Å². The van der Waals surface area contributed by atoms with Gasteiger partial charge in [0, 0.05) is 0 Å². The number of fused-ring (bicyclic) bond motifs is 1. The summed E-state index contributed by atoms with van der Waals surface area (Å²) in [7, 11) is 1.81. The molecule has 0 saturated carbocycles. The van der Waals surface area contributed by atoms with E-state index in [9.17, 15) is 15.3 Å². The highest BCUT2D eigenvalue weighted by Crippen LogP contribution is 2.25. The molecule has 0 aliphatic rings. The van der Waals surface area contributed by atoms with E-state index in [-0.39, 0.29) is 5.75 Å². The minimum atomic E-state index is -0.897. The lowest BCUT2D eigenvalue weighted by molar-refractivity contribution is 0.0141. The number of rotatable bonds is 5. The summed E-state index contributed by atoms with van der Waals surface area (Å²) in [6.07, 6.45) is -1.20. The lowest BCUT2D eigenvalue weighted by Gasteiger charge is -2.18. The zero-order valence-corrected chi connectivity index (χ0v) is 10.9. The van der Waals surface area contributed by atoms with Crippen molar-refractivity contribution in [3.05, 3.63) is 42.0 Å². The highest BCUT2D eigenvalue weighted by molar-refractivity contribution is 5.84. The number of hydrogen-bond acceptors (Lipinski definition) is 4. The van der Waals surface area contributed by atoms with Crippen LogP contribution in [0.5, 0.6) is 5.75 Å². The second kappa shape index (κ2) is 6.02. The summed E-state index contributed by atoms with van der Waals surface area (Å²) in [4.78, 5) is 0. The topological polar surface area (TPSA) is 72.7 Å². The molecule has 2 atom stereocenters. The van der Waals surface area contributed by atoms with E-state index in [1.807, 2.05) is 19.2 Å². The van der Waals surface area contributed by atoms with Gasteiger partial charge < -0.3 is 20.6 Å². The fraction of sp³-hybridized carbons (Fsp3) is 0.333. The third-order valence-corrected chi connectivity index (χ3v) is 3.24. The van der Waals surface area contributed by atoms with Crippen LogP contribution in [-0.4, -0.2) is 35.0 Å². The van der Waals surface area contributed by atoms with Crippen molar-refractivity contribution in [2.45, 2.75) is 18.6 Å². The van der Waals surface area contributed by atoms with Crippen LogP contribution in [0.2, 0.25) is 0 Å². The molecule has 2 aromatic carbocycles. The Bertz CT molecular complexity index is 556. The summed E-state index contributed by atoms with van der Waals surface area (Å²) in [6, 6.07) is 10.5. The lowest BCUT2D eigenvalue weighted by Crippen LogP contribution is -2.23. The Hall–Kier alpha value is -1.62. The highest BCUT2D eigenvalue weighted by atomic mass is 16.3. The van der Waals surface area contributed by atoms with Gasteiger partial charge in [-0.25, -0.2) is 0 Å². The van der Waals surface area contributed by atoms with Gasteiger partial charge in [-0.1, -0.05) is 18.2 Å². The second-order valence-electron chi connectivity index (χ2n) is 4.70. The fourth-order valence-electron chi connectivity index (χ4n) is 2.11.